The molecule has 0 aromatic heterocycles. The molecular formula is C29H29N. The Hall–Kier alpha value is -3.58. The maximum absolute atomic E-state index is 2.31. The summed E-state index contributed by atoms with van der Waals surface area (Å²) in [6, 6.07) is 38.1. The van der Waals surface area contributed by atoms with Crippen molar-refractivity contribution in [1.82, 2.24) is 0 Å². The number of para-hydroxylation sites is 2. The summed E-state index contributed by atoms with van der Waals surface area (Å²) >= 11 is 0. The van der Waals surface area contributed by atoms with Gasteiger partial charge in [-0.2, -0.15) is 0 Å². The summed E-state index contributed by atoms with van der Waals surface area (Å²) in [7, 11) is 0. The predicted octanol–water partition coefficient (Wildman–Crippen LogP) is 8.66. The lowest BCUT2D eigenvalue weighted by Crippen LogP contribution is -2.11. The summed E-state index contributed by atoms with van der Waals surface area (Å²) < 4.78 is 0. The van der Waals surface area contributed by atoms with Gasteiger partial charge in [-0.15, -0.1) is 0 Å². The minimum Gasteiger partial charge on any atom is -0.310 e. The van der Waals surface area contributed by atoms with Gasteiger partial charge in [0.2, 0.25) is 0 Å². The van der Waals surface area contributed by atoms with Crippen molar-refractivity contribution in [3.05, 3.63) is 126 Å². The Morgan fingerprint density at radius 2 is 0.967 bits per heavy atom. The number of aryl methyl sites for hydroxylation is 1. The van der Waals surface area contributed by atoms with Crippen LogP contribution in [0.25, 0.3) is 12.2 Å². The second-order valence-corrected chi connectivity index (χ2v) is 6.79. The Morgan fingerprint density at radius 1 is 0.500 bits per heavy atom. The Labute approximate surface area is 181 Å². The van der Waals surface area contributed by atoms with Gasteiger partial charge in [-0.3, -0.25) is 0 Å². The molecule has 1 heteroatoms. The Balaban J connectivity index is 0.00000124. The molecule has 150 valence electrons. The summed E-state index contributed by atoms with van der Waals surface area (Å²) in [5.41, 5.74) is 7.14. The average Bonchev–Trinajstić information content (AvgIpc) is 2.83. The minimum atomic E-state index is 1.15. The third-order valence-electron chi connectivity index (χ3n) is 4.79. The van der Waals surface area contributed by atoms with Crippen LogP contribution in [0.3, 0.4) is 0 Å². The van der Waals surface area contributed by atoms with Gasteiger partial charge in [0.25, 0.3) is 0 Å². The minimum absolute atomic E-state index is 1.15. The molecule has 0 saturated carbocycles. The van der Waals surface area contributed by atoms with Crippen LogP contribution in [0.5, 0.6) is 0 Å². The molecule has 0 N–H and O–H groups in total. The van der Waals surface area contributed by atoms with E-state index in [1.54, 1.807) is 0 Å². The maximum atomic E-state index is 2.31. The van der Waals surface area contributed by atoms with E-state index in [2.05, 4.69) is 127 Å². The highest BCUT2D eigenvalue weighted by Gasteiger charge is 2.13. The van der Waals surface area contributed by atoms with E-state index < -0.39 is 0 Å². The molecule has 4 aromatic carbocycles. The zero-order chi connectivity index (χ0) is 21.2. The highest BCUT2D eigenvalue weighted by Crippen LogP contribution is 2.36. The molecule has 0 heterocycles. The van der Waals surface area contributed by atoms with E-state index in [1.165, 1.54) is 22.4 Å². The third kappa shape index (κ3) is 5.27. The van der Waals surface area contributed by atoms with Gasteiger partial charge in [-0.05, 0) is 53.9 Å². The quantitative estimate of drug-likeness (QED) is 0.308. The smallest absolute Gasteiger partial charge is 0.0490 e. The van der Waals surface area contributed by atoms with E-state index in [1.807, 2.05) is 19.9 Å². The molecule has 0 fully saturated rings. The van der Waals surface area contributed by atoms with Crippen LogP contribution in [0.1, 0.15) is 30.5 Å². The van der Waals surface area contributed by atoms with Crippen molar-refractivity contribution in [3.63, 3.8) is 0 Å². The molecule has 0 radical (unpaired) electrons. The van der Waals surface area contributed by atoms with Crippen LogP contribution in [0.4, 0.5) is 17.1 Å². The van der Waals surface area contributed by atoms with Crippen molar-refractivity contribution in [2.75, 3.05) is 4.90 Å². The van der Waals surface area contributed by atoms with E-state index in [4.69, 9.17) is 0 Å². The van der Waals surface area contributed by atoms with Gasteiger partial charge in [0.05, 0.1) is 0 Å². The van der Waals surface area contributed by atoms with Crippen molar-refractivity contribution in [1.29, 1.82) is 0 Å². The molecule has 4 rings (SSSR count). The van der Waals surface area contributed by atoms with Gasteiger partial charge >= 0.3 is 0 Å². The molecule has 0 aliphatic heterocycles. The van der Waals surface area contributed by atoms with Gasteiger partial charge in [-0.1, -0.05) is 105 Å². The van der Waals surface area contributed by atoms with Crippen LogP contribution in [-0.4, -0.2) is 0 Å². The lowest BCUT2D eigenvalue weighted by atomic mass is 10.1. The number of benzene rings is 4. The van der Waals surface area contributed by atoms with Crippen molar-refractivity contribution >= 4 is 29.2 Å². The molecule has 0 aliphatic rings. The van der Waals surface area contributed by atoms with Gasteiger partial charge in [-0.25, -0.2) is 0 Å². The van der Waals surface area contributed by atoms with Crippen LogP contribution in [0, 0.1) is 6.92 Å². The molecule has 0 amide bonds. The molecule has 30 heavy (non-hydrogen) atoms. The van der Waals surface area contributed by atoms with Crippen LogP contribution in [-0.2, 0) is 0 Å². The first kappa shape index (κ1) is 21.1. The number of anilines is 3. The number of hydrogen-bond donors (Lipinski definition) is 0. The number of nitrogens with zero attached hydrogens (tertiary/aromatic N) is 1. The van der Waals surface area contributed by atoms with Crippen LogP contribution >= 0.6 is 0 Å². The molecule has 0 unspecified atom stereocenters. The molecular weight excluding hydrogens is 362 g/mol. The summed E-state index contributed by atoms with van der Waals surface area (Å²) in [6.07, 6.45) is 4.30. The largest absolute Gasteiger partial charge is 0.310 e. The van der Waals surface area contributed by atoms with E-state index in [9.17, 15) is 0 Å². The average molecular weight is 392 g/mol. The second kappa shape index (κ2) is 10.8. The number of rotatable bonds is 5. The van der Waals surface area contributed by atoms with E-state index in [0.717, 1.165) is 11.4 Å². The standard InChI is InChI=1S/C27H23N.C2H6/c1-22-10-8-9-15-27(22)28(25-13-6-3-7-14-25)26-20-18-24(19-21-26)17-16-23-11-4-2-5-12-23;1-2/h2-21H,1H3;1-2H3/b17-16-;. The van der Waals surface area contributed by atoms with Crippen LogP contribution in [0.15, 0.2) is 109 Å². The fraction of sp³-hybridized carbons (Fsp3) is 0.103. The van der Waals surface area contributed by atoms with Crippen LogP contribution in [0.2, 0.25) is 0 Å². The first-order valence-electron chi connectivity index (χ1n) is 10.6. The number of hydrogen-bond acceptors (Lipinski definition) is 1. The fourth-order valence-electron chi connectivity index (χ4n) is 3.31. The van der Waals surface area contributed by atoms with Crippen LogP contribution < -0.4 is 4.90 Å². The molecule has 0 bridgehead atoms. The third-order valence-corrected chi connectivity index (χ3v) is 4.79. The normalized spacial score (nSPS) is 10.4. The Kier molecular flexibility index (Phi) is 7.63. The zero-order valence-electron chi connectivity index (χ0n) is 18.0. The summed E-state index contributed by atoms with van der Waals surface area (Å²) in [6.45, 7) is 6.16. The van der Waals surface area contributed by atoms with E-state index >= 15 is 0 Å². The lowest BCUT2D eigenvalue weighted by molar-refractivity contribution is 1.25. The Bertz CT molecular complexity index is 1050. The second-order valence-electron chi connectivity index (χ2n) is 6.79. The lowest BCUT2D eigenvalue weighted by Gasteiger charge is -2.27. The van der Waals surface area contributed by atoms with Gasteiger partial charge in [0, 0.05) is 17.1 Å². The first-order valence-corrected chi connectivity index (χ1v) is 10.6. The first-order chi connectivity index (χ1) is 14.8. The van der Waals surface area contributed by atoms with Crippen molar-refractivity contribution in [2.45, 2.75) is 20.8 Å². The zero-order valence-corrected chi connectivity index (χ0v) is 18.0. The van der Waals surface area contributed by atoms with E-state index in [0.29, 0.717) is 0 Å². The molecule has 0 aliphatic carbocycles. The Morgan fingerprint density at radius 3 is 1.57 bits per heavy atom. The van der Waals surface area contributed by atoms with Gasteiger partial charge in [0.15, 0.2) is 0 Å². The summed E-state index contributed by atoms with van der Waals surface area (Å²) in [5, 5.41) is 0. The highest BCUT2D eigenvalue weighted by atomic mass is 15.1. The monoisotopic (exact) mass is 391 g/mol. The summed E-state index contributed by atoms with van der Waals surface area (Å²) in [4.78, 5) is 2.31. The molecule has 0 spiro atoms. The van der Waals surface area contributed by atoms with E-state index in [-0.39, 0.29) is 0 Å². The molecule has 1 nitrogen and oxygen atoms in total. The van der Waals surface area contributed by atoms with Gasteiger partial charge in [0.1, 0.15) is 0 Å². The maximum Gasteiger partial charge on any atom is 0.0490 e. The van der Waals surface area contributed by atoms with Crippen molar-refractivity contribution in [2.24, 2.45) is 0 Å². The predicted molar refractivity (Wildman–Crippen MR) is 133 cm³/mol. The topological polar surface area (TPSA) is 3.24 Å². The van der Waals surface area contributed by atoms with Gasteiger partial charge < -0.3 is 4.90 Å². The SMILES string of the molecule is CC.Cc1ccccc1N(c1ccccc1)c1ccc(/C=C\c2ccccc2)cc1. The summed E-state index contributed by atoms with van der Waals surface area (Å²) in [5.74, 6) is 0. The molecule has 0 saturated heterocycles. The highest BCUT2D eigenvalue weighted by molar-refractivity contribution is 5.79. The molecule has 0 atom stereocenters. The fourth-order valence-corrected chi connectivity index (χ4v) is 3.31. The van der Waals surface area contributed by atoms with Crippen molar-refractivity contribution in [3.8, 4) is 0 Å². The molecule has 4 aromatic rings. The van der Waals surface area contributed by atoms with Crippen molar-refractivity contribution < 1.29 is 0 Å².